The van der Waals surface area contributed by atoms with Crippen LogP contribution in [0.25, 0.3) is 0 Å². The molecule has 98 valence electrons. The first-order valence-corrected chi connectivity index (χ1v) is 6.94. The van der Waals surface area contributed by atoms with E-state index in [0.717, 1.165) is 6.54 Å². The molecule has 0 aliphatic rings. The van der Waals surface area contributed by atoms with Gasteiger partial charge in [-0.05, 0) is 18.4 Å². The van der Waals surface area contributed by atoms with Gasteiger partial charge in [-0.3, -0.25) is 0 Å². The molecule has 0 aliphatic carbocycles. The normalized spacial score (nSPS) is 13.9. The second-order valence-corrected chi connectivity index (χ2v) is 5.75. The molecule has 0 radical (unpaired) electrons. The largest absolute Gasteiger partial charge is 0.389 e. The Hall–Kier alpha value is -0.420. The van der Waals surface area contributed by atoms with Crippen molar-refractivity contribution in [2.75, 3.05) is 26.3 Å². The highest BCUT2D eigenvalue weighted by molar-refractivity contribution is 7.10. The molecule has 1 atom stereocenters. The summed E-state index contributed by atoms with van der Waals surface area (Å²) in [5.41, 5.74) is 0.111. The van der Waals surface area contributed by atoms with Crippen LogP contribution >= 0.6 is 11.3 Å². The molecule has 0 aliphatic heterocycles. The fourth-order valence-corrected chi connectivity index (χ4v) is 2.47. The predicted molar refractivity (Wildman–Crippen MR) is 72.7 cm³/mol. The predicted octanol–water partition coefficient (Wildman–Crippen LogP) is 2.01. The molecule has 2 N–H and O–H groups in total. The van der Waals surface area contributed by atoms with E-state index in [2.05, 4.69) is 36.7 Å². The average Bonchev–Trinajstić information content (AvgIpc) is 2.80. The number of rotatable bonds is 8. The lowest BCUT2D eigenvalue weighted by Gasteiger charge is -2.24. The summed E-state index contributed by atoms with van der Waals surface area (Å²) >= 11 is 1.78. The maximum atomic E-state index is 9.62. The molecule has 3 nitrogen and oxygen atoms in total. The molecule has 17 heavy (non-hydrogen) atoms. The van der Waals surface area contributed by atoms with Gasteiger partial charge in [0.2, 0.25) is 0 Å². The third kappa shape index (κ3) is 5.17. The molecule has 0 amide bonds. The van der Waals surface area contributed by atoms with Crippen LogP contribution in [0.5, 0.6) is 0 Å². The minimum Gasteiger partial charge on any atom is -0.389 e. The average molecular weight is 257 g/mol. The lowest BCUT2D eigenvalue weighted by molar-refractivity contribution is 0.0424. The summed E-state index contributed by atoms with van der Waals surface area (Å²) in [7, 11) is 0. The Morgan fingerprint density at radius 3 is 2.88 bits per heavy atom. The van der Waals surface area contributed by atoms with Gasteiger partial charge in [0.25, 0.3) is 0 Å². The first kappa shape index (κ1) is 14.6. The minimum absolute atomic E-state index is 0.111. The first-order chi connectivity index (χ1) is 8.06. The fraction of sp³-hybridized carbons (Fsp3) is 0.692. The molecule has 0 aromatic carbocycles. The molecule has 1 unspecified atom stereocenters. The maximum Gasteiger partial charge on any atom is 0.0897 e. The summed E-state index contributed by atoms with van der Waals surface area (Å²) in [4.78, 5) is 1.37. The van der Waals surface area contributed by atoms with E-state index in [1.165, 1.54) is 4.88 Å². The zero-order valence-electron chi connectivity index (χ0n) is 10.9. The van der Waals surface area contributed by atoms with E-state index in [9.17, 15) is 5.11 Å². The van der Waals surface area contributed by atoms with Crippen molar-refractivity contribution in [3.05, 3.63) is 22.4 Å². The van der Waals surface area contributed by atoms with Crippen LogP contribution in [0.2, 0.25) is 0 Å². The van der Waals surface area contributed by atoms with Crippen molar-refractivity contribution in [2.24, 2.45) is 0 Å². The molecule has 0 saturated carbocycles. The topological polar surface area (TPSA) is 41.5 Å². The van der Waals surface area contributed by atoms with Crippen LogP contribution in [0.3, 0.4) is 0 Å². The molecule has 0 spiro atoms. The number of thiophene rings is 1. The van der Waals surface area contributed by atoms with Crippen molar-refractivity contribution in [1.29, 1.82) is 0 Å². The van der Waals surface area contributed by atoms with Gasteiger partial charge < -0.3 is 15.2 Å². The third-order valence-corrected chi connectivity index (χ3v) is 3.89. The quantitative estimate of drug-likeness (QED) is 0.748. The van der Waals surface area contributed by atoms with Gasteiger partial charge in [0, 0.05) is 30.0 Å². The van der Waals surface area contributed by atoms with Crippen LogP contribution in [0.4, 0.5) is 0 Å². The Kier molecular flexibility index (Phi) is 6.12. The van der Waals surface area contributed by atoms with E-state index in [1.54, 1.807) is 11.3 Å². The third-order valence-electron chi connectivity index (χ3n) is 2.65. The van der Waals surface area contributed by atoms with Gasteiger partial charge in [0.1, 0.15) is 0 Å². The Morgan fingerprint density at radius 1 is 1.53 bits per heavy atom. The van der Waals surface area contributed by atoms with Crippen molar-refractivity contribution in [1.82, 2.24) is 5.32 Å². The standard InChI is InChI=1S/C13H23NO2S/c1-4-16-9-11(15)8-14-10-13(2,3)12-6-5-7-17-12/h5-7,11,14-15H,4,8-10H2,1-3H3. The van der Waals surface area contributed by atoms with Crippen LogP contribution < -0.4 is 5.32 Å². The van der Waals surface area contributed by atoms with Crippen molar-refractivity contribution in [2.45, 2.75) is 32.3 Å². The van der Waals surface area contributed by atoms with Gasteiger partial charge in [-0.25, -0.2) is 0 Å². The molecule has 0 fully saturated rings. The smallest absolute Gasteiger partial charge is 0.0897 e. The van der Waals surface area contributed by atoms with E-state index >= 15 is 0 Å². The summed E-state index contributed by atoms with van der Waals surface area (Å²) < 4.78 is 5.16. The van der Waals surface area contributed by atoms with Crippen molar-refractivity contribution in [3.8, 4) is 0 Å². The molecule has 1 aromatic heterocycles. The summed E-state index contributed by atoms with van der Waals surface area (Å²) in [5.74, 6) is 0. The lowest BCUT2D eigenvalue weighted by atomic mass is 9.91. The summed E-state index contributed by atoms with van der Waals surface area (Å²) in [5, 5.41) is 15.0. The van der Waals surface area contributed by atoms with E-state index in [0.29, 0.717) is 19.8 Å². The summed E-state index contributed by atoms with van der Waals surface area (Å²) in [6, 6.07) is 4.23. The molecule has 4 heteroatoms. The van der Waals surface area contributed by atoms with Crippen LogP contribution in [0.1, 0.15) is 25.6 Å². The highest BCUT2D eigenvalue weighted by Gasteiger charge is 2.21. The van der Waals surface area contributed by atoms with Gasteiger partial charge in [-0.2, -0.15) is 0 Å². The van der Waals surface area contributed by atoms with Gasteiger partial charge in [0.15, 0.2) is 0 Å². The van der Waals surface area contributed by atoms with Crippen LogP contribution in [0, 0.1) is 0 Å². The number of aliphatic hydroxyl groups is 1. The SMILES string of the molecule is CCOCC(O)CNCC(C)(C)c1cccs1. The van der Waals surface area contributed by atoms with E-state index < -0.39 is 6.10 Å². The summed E-state index contributed by atoms with van der Waals surface area (Å²) in [6.45, 7) is 8.84. The molecule has 0 bridgehead atoms. The second kappa shape index (κ2) is 7.11. The van der Waals surface area contributed by atoms with Gasteiger partial charge in [-0.1, -0.05) is 19.9 Å². The highest BCUT2D eigenvalue weighted by Crippen LogP contribution is 2.26. The fourth-order valence-electron chi connectivity index (χ4n) is 1.61. The van der Waals surface area contributed by atoms with Gasteiger partial charge >= 0.3 is 0 Å². The Morgan fingerprint density at radius 2 is 2.29 bits per heavy atom. The number of hydrogen-bond acceptors (Lipinski definition) is 4. The molecule has 0 saturated heterocycles. The van der Waals surface area contributed by atoms with Crippen LogP contribution in [-0.4, -0.2) is 37.5 Å². The monoisotopic (exact) mass is 257 g/mol. The number of ether oxygens (including phenoxy) is 1. The maximum absolute atomic E-state index is 9.62. The van der Waals surface area contributed by atoms with E-state index in [4.69, 9.17) is 4.74 Å². The van der Waals surface area contributed by atoms with E-state index in [1.807, 2.05) is 6.92 Å². The first-order valence-electron chi connectivity index (χ1n) is 6.06. The van der Waals surface area contributed by atoms with Gasteiger partial charge in [0.05, 0.1) is 12.7 Å². The Bertz CT molecular complexity index is 298. The summed E-state index contributed by atoms with van der Waals surface area (Å²) in [6.07, 6.45) is -0.422. The molecule has 1 rings (SSSR count). The number of aliphatic hydroxyl groups excluding tert-OH is 1. The van der Waals surface area contributed by atoms with Crippen LogP contribution in [0.15, 0.2) is 17.5 Å². The van der Waals surface area contributed by atoms with Crippen molar-refractivity contribution < 1.29 is 9.84 Å². The molecular formula is C13H23NO2S. The van der Waals surface area contributed by atoms with Crippen molar-refractivity contribution >= 4 is 11.3 Å². The lowest BCUT2D eigenvalue weighted by Crippen LogP contribution is -2.38. The van der Waals surface area contributed by atoms with Gasteiger partial charge in [-0.15, -0.1) is 11.3 Å². The van der Waals surface area contributed by atoms with Crippen molar-refractivity contribution in [3.63, 3.8) is 0 Å². The van der Waals surface area contributed by atoms with Crippen LogP contribution in [-0.2, 0) is 10.2 Å². The zero-order valence-corrected chi connectivity index (χ0v) is 11.7. The van der Waals surface area contributed by atoms with E-state index in [-0.39, 0.29) is 5.41 Å². The molecule has 1 heterocycles. The molecular weight excluding hydrogens is 234 g/mol. The number of nitrogens with one attached hydrogen (secondary N) is 1. The zero-order chi connectivity index (χ0) is 12.7. The Labute approximate surface area is 108 Å². The molecule has 1 aromatic rings. The minimum atomic E-state index is -0.422. The highest BCUT2D eigenvalue weighted by atomic mass is 32.1. The Balaban J connectivity index is 2.26. The number of hydrogen-bond donors (Lipinski definition) is 2. The second-order valence-electron chi connectivity index (χ2n) is 4.81.